The predicted molar refractivity (Wildman–Crippen MR) is 92.3 cm³/mol. The molecular weight excluding hydrogens is 418 g/mol. The van der Waals surface area contributed by atoms with Crippen LogP contribution in [-0.4, -0.2) is 18.3 Å². The zero-order chi connectivity index (χ0) is 14.3. The minimum atomic E-state index is -2.23. The molecule has 0 atom stereocenters. The topological polar surface area (TPSA) is 18.5 Å². The summed E-state index contributed by atoms with van der Waals surface area (Å²) in [5.41, 5.74) is -2.23. The molecule has 0 saturated carbocycles. The maximum atomic E-state index is 6.10. The van der Waals surface area contributed by atoms with Crippen molar-refractivity contribution in [3.05, 3.63) is 28.2 Å². The van der Waals surface area contributed by atoms with Crippen LogP contribution >= 0.6 is 52.0 Å². The van der Waals surface area contributed by atoms with Crippen molar-refractivity contribution in [1.82, 2.24) is 0 Å². The van der Waals surface area contributed by atoms with Crippen molar-refractivity contribution < 1.29 is 26.1 Å². The monoisotopic (exact) mass is 432 g/mol. The van der Waals surface area contributed by atoms with E-state index in [1.165, 1.54) is 11.4 Å². The molecule has 0 radical (unpaired) electrons. The first kappa shape index (κ1) is 21.6. The van der Waals surface area contributed by atoms with Crippen molar-refractivity contribution in [2.45, 2.75) is 18.7 Å². The maximum absolute atomic E-state index is 6.10. The summed E-state index contributed by atoms with van der Waals surface area (Å²) in [6.45, 7) is 4.96. The second-order valence-electron chi connectivity index (χ2n) is 3.25. The molecular formula is C11H15Cl2FeO2PS3. The summed E-state index contributed by atoms with van der Waals surface area (Å²) < 4.78 is 11.1. The average molecular weight is 433 g/mol. The van der Waals surface area contributed by atoms with E-state index in [0.29, 0.717) is 23.3 Å². The first-order valence-corrected chi connectivity index (χ1v) is 11.6. The van der Waals surface area contributed by atoms with Crippen molar-refractivity contribution in [2.75, 3.05) is 18.3 Å². The SMILES string of the molecule is CCOP(=S)(OCC)SCSc1cc(Cl)ccc1Cl.[Fe]. The van der Waals surface area contributed by atoms with Crippen LogP contribution in [0.5, 0.6) is 0 Å². The van der Waals surface area contributed by atoms with E-state index in [0.717, 1.165) is 9.98 Å². The standard InChI is InChI=1S/C11H15Cl2O2PS3.Fe/c1-3-14-16(17,15-4-2)19-8-18-11-7-9(12)5-6-10(11)13;/h5-7H,3-4,8H2,1-2H3;. The van der Waals surface area contributed by atoms with Crippen LogP contribution in [0.25, 0.3) is 0 Å². The van der Waals surface area contributed by atoms with E-state index in [2.05, 4.69) is 0 Å². The molecule has 116 valence electrons. The third-order valence-electron chi connectivity index (χ3n) is 1.89. The molecule has 20 heavy (non-hydrogen) atoms. The van der Waals surface area contributed by atoms with Crippen molar-refractivity contribution in [2.24, 2.45) is 0 Å². The zero-order valence-corrected chi connectivity index (χ0v) is 16.9. The first-order valence-electron chi connectivity index (χ1n) is 5.62. The van der Waals surface area contributed by atoms with Gasteiger partial charge in [-0.2, -0.15) is 0 Å². The number of hydrogen-bond acceptors (Lipinski definition) is 5. The molecule has 0 unspecified atom stereocenters. The largest absolute Gasteiger partial charge is 0.322 e. The van der Waals surface area contributed by atoms with E-state index >= 15 is 0 Å². The molecule has 0 aliphatic rings. The van der Waals surface area contributed by atoms with Gasteiger partial charge in [0.05, 0.1) is 23.3 Å². The van der Waals surface area contributed by atoms with E-state index in [4.69, 9.17) is 44.1 Å². The van der Waals surface area contributed by atoms with Crippen LogP contribution in [0.2, 0.25) is 10.0 Å². The van der Waals surface area contributed by atoms with Gasteiger partial charge in [0, 0.05) is 27.0 Å². The van der Waals surface area contributed by atoms with Crippen LogP contribution in [-0.2, 0) is 37.9 Å². The summed E-state index contributed by atoms with van der Waals surface area (Å²) in [6, 6.07) is 5.41. The molecule has 0 aromatic heterocycles. The summed E-state index contributed by atoms with van der Waals surface area (Å²) in [6.07, 6.45) is 0. The summed E-state index contributed by atoms with van der Waals surface area (Å²) in [7, 11) is 0. The van der Waals surface area contributed by atoms with Crippen molar-refractivity contribution in [3.63, 3.8) is 0 Å². The summed E-state index contributed by atoms with van der Waals surface area (Å²) in [5, 5.41) is 2.08. The Morgan fingerprint density at radius 1 is 1.20 bits per heavy atom. The molecule has 2 nitrogen and oxygen atoms in total. The van der Waals surface area contributed by atoms with Crippen molar-refractivity contribution >= 4 is 63.8 Å². The molecule has 0 heterocycles. The smallest absolute Gasteiger partial charge is 0.248 e. The van der Waals surface area contributed by atoms with Gasteiger partial charge in [-0.05, 0) is 43.9 Å². The summed E-state index contributed by atoms with van der Waals surface area (Å²) >= 11 is 20.6. The molecule has 9 heteroatoms. The average Bonchev–Trinajstić information content (AvgIpc) is 2.34. The van der Waals surface area contributed by atoms with E-state index in [1.807, 2.05) is 19.9 Å². The van der Waals surface area contributed by atoms with Crippen molar-refractivity contribution in [3.8, 4) is 0 Å². The molecule has 1 aromatic carbocycles. The van der Waals surface area contributed by atoms with Crippen LogP contribution in [0.3, 0.4) is 0 Å². The Bertz CT molecular complexity index is 455. The van der Waals surface area contributed by atoms with Gasteiger partial charge < -0.3 is 9.05 Å². The molecule has 0 spiro atoms. The molecule has 0 saturated heterocycles. The van der Waals surface area contributed by atoms with Crippen LogP contribution < -0.4 is 0 Å². The van der Waals surface area contributed by atoms with Crippen molar-refractivity contribution in [1.29, 1.82) is 0 Å². The Hall–Kier alpha value is 1.59. The van der Waals surface area contributed by atoms with Gasteiger partial charge in [0.2, 0.25) is 5.69 Å². The fourth-order valence-electron chi connectivity index (χ4n) is 1.17. The van der Waals surface area contributed by atoms with Crippen LogP contribution in [0.4, 0.5) is 0 Å². The summed E-state index contributed by atoms with van der Waals surface area (Å²) in [4.78, 5) is 0.941. The normalized spacial score (nSPS) is 11.2. The maximum Gasteiger partial charge on any atom is 0.248 e. The third-order valence-corrected chi connectivity index (χ3v) is 9.69. The number of halogens is 2. The van der Waals surface area contributed by atoms with Gasteiger partial charge in [-0.3, -0.25) is 0 Å². The predicted octanol–water partition coefficient (Wildman–Crippen LogP) is 6.07. The minimum Gasteiger partial charge on any atom is -0.322 e. The van der Waals surface area contributed by atoms with Gasteiger partial charge >= 0.3 is 0 Å². The number of benzene rings is 1. The molecule has 0 aliphatic carbocycles. The molecule has 1 aromatic rings. The second-order valence-corrected chi connectivity index (χ2v) is 11.8. The Kier molecular flexibility index (Phi) is 12.1. The second kappa shape index (κ2) is 11.2. The molecule has 1 rings (SSSR count). The Balaban J connectivity index is 0.00000361. The molecule has 0 bridgehead atoms. The van der Waals surface area contributed by atoms with Gasteiger partial charge in [0.25, 0.3) is 0 Å². The van der Waals surface area contributed by atoms with Gasteiger partial charge in [0.15, 0.2) is 0 Å². The number of rotatable bonds is 8. The van der Waals surface area contributed by atoms with Gasteiger partial charge in [-0.1, -0.05) is 34.6 Å². The Morgan fingerprint density at radius 3 is 2.35 bits per heavy atom. The van der Waals surface area contributed by atoms with E-state index in [9.17, 15) is 0 Å². The van der Waals surface area contributed by atoms with E-state index in [1.54, 1.807) is 23.9 Å². The van der Waals surface area contributed by atoms with E-state index in [-0.39, 0.29) is 17.1 Å². The molecule has 0 fully saturated rings. The summed E-state index contributed by atoms with van der Waals surface area (Å²) in [5.74, 6) is 0. The Labute approximate surface area is 154 Å². The van der Waals surface area contributed by atoms with Gasteiger partial charge in [-0.25, -0.2) is 0 Å². The van der Waals surface area contributed by atoms with Crippen LogP contribution in [0, 0.1) is 0 Å². The third kappa shape index (κ3) is 7.73. The van der Waals surface area contributed by atoms with Gasteiger partial charge in [-0.15, -0.1) is 11.8 Å². The first-order chi connectivity index (χ1) is 9.00. The fraction of sp³-hybridized carbons (Fsp3) is 0.455. The fourth-order valence-corrected chi connectivity index (χ4v) is 8.71. The molecule has 0 aliphatic heterocycles. The quantitative estimate of drug-likeness (QED) is 0.214. The number of hydrogen-bond donors (Lipinski definition) is 0. The number of thioether (sulfide) groups is 1. The molecule has 0 N–H and O–H groups in total. The molecule has 0 amide bonds. The minimum absolute atomic E-state index is 0. The zero-order valence-electron chi connectivity index (χ0n) is 11.0. The van der Waals surface area contributed by atoms with Gasteiger partial charge in [0.1, 0.15) is 0 Å². The van der Waals surface area contributed by atoms with Crippen LogP contribution in [0.1, 0.15) is 13.8 Å². The van der Waals surface area contributed by atoms with E-state index < -0.39 is 5.69 Å². The van der Waals surface area contributed by atoms with Crippen LogP contribution in [0.15, 0.2) is 23.1 Å². The Morgan fingerprint density at radius 2 is 1.80 bits per heavy atom.